The highest BCUT2D eigenvalue weighted by molar-refractivity contribution is 6.35. The van der Waals surface area contributed by atoms with Gasteiger partial charge < -0.3 is 9.13 Å². The van der Waals surface area contributed by atoms with Gasteiger partial charge in [-0.2, -0.15) is 0 Å². The van der Waals surface area contributed by atoms with E-state index in [2.05, 4.69) is 228 Å². The van der Waals surface area contributed by atoms with Crippen molar-refractivity contribution in [1.29, 1.82) is 0 Å². The van der Waals surface area contributed by atoms with Crippen LogP contribution in [0.4, 0.5) is 0 Å². The molecule has 0 N–H and O–H groups in total. The van der Waals surface area contributed by atoms with Crippen LogP contribution in [0.1, 0.15) is 0 Å². The Morgan fingerprint density at radius 1 is 0.271 bits per heavy atom. The van der Waals surface area contributed by atoms with Crippen molar-refractivity contribution in [3.05, 3.63) is 255 Å². The van der Waals surface area contributed by atoms with E-state index in [0.717, 1.165) is 56.4 Å². The molecule has 0 unspecified atom stereocenters. The van der Waals surface area contributed by atoms with Crippen LogP contribution in [0, 0.1) is 0 Å². The van der Waals surface area contributed by atoms with E-state index < -0.39 is 0 Å². The standard InChI is InChI=1S/C66H42N4/c1-5-17-45(18-6-1)61-55-41-49-31-38-54-60-50(32-37-53(59(49)60)65(55)69(63(61)47-21-9-3-10-22-47)51-33-27-43(28-34-51)57-25-13-15-39-67-57)42-56-62(46-19-7-2-8-20-46)64(48-23-11-4-12-24-48)70(66(54)56)52-35-29-44(30-36-52)58-26-14-16-40-68-58/h1-42H. The first-order chi connectivity index (χ1) is 34.8. The van der Waals surface area contributed by atoms with Gasteiger partial charge in [-0.05, 0) is 104 Å². The average molecular weight is 891 g/mol. The van der Waals surface area contributed by atoms with Crippen LogP contribution >= 0.6 is 0 Å². The quantitative estimate of drug-likeness (QED) is 0.143. The van der Waals surface area contributed by atoms with E-state index in [0.29, 0.717) is 0 Å². The minimum Gasteiger partial charge on any atom is -0.308 e. The van der Waals surface area contributed by atoms with Crippen LogP contribution in [0.15, 0.2) is 255 Å². The second-order valence-corrected chi connectivity index (χ2v) is 18.1. The van der Waals surface area contributed by atoms with Crippen LogP contribution in [0.5, 0.6) is 0 Å². The summed E-state index contributed by atoms with van der Waals surface area (Å²) in [7, 11) is 0. The third kappa shape index (κ3) is 6.24. The third-order valence-electron chi connectivity index (χ3n) is 14.1. The van der Waals surface area contributed by atoms with Crippen molar-refractivity contribution in [1.82, 2.24) is 19.1 Å². The van der Waals surface area contributed by atoms with Gasteiger partial charge in [-0.15, -0.1) is 0 Å². The summed E-state index contributed by atoms with van der Waals surface area (Å²) in [6, 6.07) is 88.1. The van der Waals surface area contributed by atoms with Crippen molar-refractivity contribution in [2.75, 3.05) is 0 Å². The van der Waals surface area contributed by atoms with Crippen LogP contribution in [0.2, 0.25) is 0 Å². The minimum atomic E-state index is 0.953. The molecular formula is C66H42N4. The number of aromatic nitrogens is 4. The molecule has 0 saturated carbocycles. The summed E-state index contributed by atoms with van der Waals surface area (Å²) in [6.07, 6.45) is 3.72. The SMILES string of the molecule is c1ccc(-c2c(-c3ccccc3)n(-c3ccc(-c4ccccn4)cc3)c3c2cc2ccc4c5c(ccc3c25)cc2c(-c3ccccc3)c(-c3ccccc3)n(-c3ccc(-c5ccccn5)cc3)c24)cc1. The maximum absolute atomic E-state index is 4.69. The molecule has 14 aromatic rings. The first kappa shape index (κ1) is 39.8. The number of pyridine rings is 2. The van der Waals surface area contributed by atoms with Gasteiger partial charge in [0.15, 0.2) is 0 Å². The van der Waals surface area contributed by atoms with Crippen LogP contribution in [-0.2, 0) is 0 Å². The van der Waals surface area contributed by atoms with Crippen molar-refractivity contribution in [2.24, 2.45) is 0 Å². The monoisotopic (exact) mass is 890 g/mol. The Labute approximate surface area is 405 Å². The molecule has 4 heterocycles. The Hall–Kier alpha value is -9.38. The molecule has 0 atom stereocenters. The molecule has 0 bridgehead atoms. The number of nitrogens with zero attached hydrogens (tertiary/aromatic N) is 4. The lowest BCUT2D eigenvalue weighted by Crippen LogP contribution is -1.99. The third-order valence-corrected chi connectivity index (χ3v) is 14.1. The maximum Gasteiger partial charge on any atom is 0.0701 e. The number of fused-ring (bicyclic) bond motifs is 4. The molecule has 0 saturated heterocycles. The van der Waals surface area contributed by atoms with Crippen LogP contribution in [0.25, 0.3) is 133 Å². The fourth-order valence-corrected chi connectivity index (χ4v) is 11.2. The average Bonchev–Trinajstić information content (AvgIpc) is 3.97. The number of hydrogen-bond donors (Lipinski definition) is 0. The van der Waals surface area contributed by atoms with Gasteiger partial charge in [-0.1, -0.05) is 182 Å². The molecule has 0 radical (unpaired) electrons. The Morgan fingerprint density at radius 2 is 0.629 bits per heavy atom. The smallest absolute Gasteiger partial charge is 0.0701 e. The van der Waals surface area contributed by atoms with Gasteiger partial charge in [-0.3, -0.25) is 9.97 Å². The van der Waals surface area contributed by atoms with Crippen LogP contribution in [0.3, 0.4) is 0 Å². The second-order valence-electron chi connectivity index (χ2n) is 18.1. The summed E-state index contributed by atoms with van der Waals surface area (Å²) in [5.41, 5.74) is 18.0. The largest absolute Gasteiger partial charge is 0.308 e. The predicted molar refractivity (Wildman–Crippen MR) is 292 cm³/mol. The molecule has 0 aliphatic carbocycles. The second kappa shape index (κ2) is 16.2. The molecule has 0 aliphatic heterocycles. The van der Waals surface area contributed by atoms with Gasteiger partial charge in [0, 0.05) is 67.6 Å². The zero-order valence-corrected chi connectivity index (χ0v) is 38.0. The zero-order valence-electron chi connectivity index (χ0n) is 38.0. The Kier molecular flexibility index (Phi) is 9.17. The Morgan fingerprint density at radius 3 is 0.986 bits per heavy atom. The molecule has 0 spiro atoms. The van der Waals surface area contributed by atoms with Gasteiger partial charge in [0.1, 0.15) is 0 Å². The lowest BCUT2D eigenvalue weighted by atomic mass is 9.89. The lowest BCUT2D eigenvalue weighted by molar-refractivity contribution is 1.14. The maximum atomic E-state index is 4.69. The molecule has 10 aromatic carbocycles. The Balaban J connectivity index is 1.12. The van der Waals surface area contributed by atoms with E-state index in [1.165, 1.54) is 76.4 Å². The summed E-state index contributed by atoms with van der Waals surface area (Å²) in [5.74, 6) is 0. The summed E-state index contributed by atoms with van der Waals surface area (Å²) in [4.78, 5) is 9.38. The topological polar surface area (TPSA) is 35.6 Å². The molecule has 14 rings (SSSR count). The summed E-state index contributed by atoms with van der Waals surface area (Å²) >= 11 is 0. The number of rotatable bonds is 8. The first-order valence-corrected chi connectivity index (χ1v) is 23.9. The highest BCUT2D eigenvalue weighted by atomic mass is 15.0. The van der Waals surface area contributed by atoms with E-state index in [1.54, 1.807) is 0 Å². The van der Waals surface area contributed by atoms with Gasteiger partial charge in [0.25, 0.3) is 0 Å². The van der Waals surface area contributed by atoms with E-state index >= 15 is 0 Å². The van der Waals surface area contributed by atoms with Crippen molar-refractivity contribution in [3.63, 3.8) is 0 Å². The van der Waals surface area contributed by atoms with Crippen LogP contribution < -0.4 is 0 Å². The summed E-state index contributed by atoms with van der Waals surface area (Å²) in [5, 5.41) is 9.78. The normalized spacial score (nSPS) is 11.7. The lowest BCUT2D eigenvalue weighted by Gasteiger charge is -2.18. The van der Waals surface area contributed by atoms with E-state index in [-0.39, 0.29) is 0 Å². The van der Waals surface area contributed by atoms with E-state index in [1.807, 2.05) is 36.7 Å². The van der Waals surface area contributed by atoms with Gasteiger partial charge in [0.2, 0.25) is 0 Å². The number of benzene rings is 10. The fourth-order valence-electron chi connectivity index (χ4n) is 11.2. The van der Waals surface area contributed by atoms with E-state index in [4.69, 9.17) is 9.97 Å². The van der Waals surface area contributed by atoms with Crippen LogP contribution in [-0.4, -0.2) is 19.1 Å². The molecule has 70 heavy (non-hydrogen) atoms. The molecule has 0 amide bonds. The molecule has 4 nitrogen and oxygen atoms in total. The van der Waals surface area contributed by atoms with Gasteiger partial charge >= 0.3 is 0 Å². The first-order valence-electron chi connectivity index (χ1n) is 23.9. The van der Waals surface area contributed by atoms with Crippen molar-refractivity contribution >= 4 is 54.1 Å². The predicted octanol–water partition coefficient (Wildman–Crippen LogP) is 17.3. The zero-order chi connectivity index (χ0) is 46.1. The number of hydrogen-bond acceptors (Lipinski definition) is 2. The summed E-state index contributed by atoms with van der Waals surface area (Å²) < 4.78 is 5.03. The summed E-state index contributed by atoms with van der Waals surface area (Å²) in [6.45, 7) is 0. The van der Waals surface area contributed by atoms with Gasteiger partial charge in [-0.25, -0.2) is 0 Å². The molecule has 4 heteroatoms. The van der Waals surface area contributed by atoms with E-state index in [9.17, 15) is 0 Å². The fraction of sp³-hybridized carbons (Fsp3) is 0. The molecule has 4 aromatic heterocycles. The van der Waals surface area contributed by atoms with Crippen molar-refractivity contribution in [3.8, 4) is 78.7 Å². The molecule has 0 fully saturated rings. The Bertz CT molecular complexity index is 3920. The van der Waals surface area contributed by atoms with Gasteiger partial charge in [0.05, 0.1) is 33.8 Å². The molecular weight excluding hydrogens is 849 g/mol. The highest BCUT2D eigenvalue weighted by Crippen LogP contribution is 2.51. The van der Waals surface area contributed by atoms with Crippen molar-refractivity contribution < 1.29 is 0 Å². The minimum absolute atomic E-state index is 0.953. The highest BCUT2D eigenvalue weighted by Gasteiger charge is 2.28. The molecule has 0 aliphatic rings. The van der Waals surface area contributed by atoms with Crippen molar-refractivity contribution in [2.45, 2.75) is 0 Å². The molecule has 326 valence electrons.